The van der Waals surface area contributed by atoms with Gasteiger partial charge in [0.2, 0.25) is 0 Å². The number of amides is 1. The van der Waals surface area contributed by atoms with Gasteiger partial charge < -0.3 is 4.74 Å². The second kappa shape index (κ2) is 10.0. The van der Waals surface area contributed by atoms with E-state index < -0.39 is 6.09 Å². The predicted molar refractivity (Wildman–Crippen MR) is 92.5 cm³/mol. The van der Waals surface area contributed by atoms with E-state index in [0.29, 0.717) is 11.3 Å². The van der Waals surface area contributed by atoms with E-state index in [1.165, 1.54) is 7.11 Å². The summed E-state index contributed by atoms with van der Waals surface area (Å²) in [6, 6.07) is 16.3. The second-order valence-corrected chi connectivity index (χ2v) is 5.07. The summed E-state index contributed by atoms with van der Waals surface area (Å²) in [7, 11) is 1.37. The number of rotatable bonds is 8. The van der Waals surface area contributed by atoms with Crippen molar-refractivity contribution in [2.45, 2.75) is 6.61 Å². The summed E-state index contributed by atoms with van der Waals surface area (Å²) in [4.78, 5) is 32.3. The molecule has 2 aromatic rings. The first-order chi connectivity index (χ1) is 12.2. The average molecular weight is 341 g/mol. The maximum Gasteiger partial charge on any atom is 0.411 e. The molecule has 0 radical (unpaired) electrons. The second-order valence-electron chi connectivity index (χ2n) is 5.07. The minimum Gasteiger partial charge on any atom is -0.444 e. The molecule has 0 unspecified atom stereocenters. The minimum atomic E-state index is -0.610. The van der Waals surface area contributed by atoms with E-state index >= 15 is 0 Å². The number of ether oxygens (including phenoxy) is 1. The third kappa shape index (κ3) is 6.58. The molecule has 0 atom stereocenters. The van der Waals surface area contributed by atoms with E-state index in [2.05, 4.69) is 10.2 Å². The summed E-state index contributed by atoms with van der Waals surface area (Å²) in [6.45, 7) is 0.175. The molecule has 2 aromatic carbocycles. The first kappa shape index (κ1) is 18.4. The fourth-order valence-corrected chi connectivity index (χ4v) is 2.05. The van der Waals surface area contributed by atoms with Crippen LogP contribution in [0.5, 0.6) is 0 Å². The van der Waals surface area contributed by atoms with Crippen molar-refractivity contribution in [3.8, 4) is 0 Å². The predicted octanol–water partition coefficient (Wildman–Crippen LogP) is 3.34. The molecule has 1 N–H and O–H groups in total. The molecular weight excluding hydrogens is 322 g/mol. The lowest BCUT2D eigenvalue weighted by Gasteiger charge is -2.10. The Kier molecular flexibility index (Phi) is 7.37. The fraction of sp³-hybridized carbons (Fsp3) is 0.158. The van der Waals surface area contributed by atoms with Crippen molar-refractivity contribution >= 4 is 18.5 Å². The fourth-order valence-electron chi connectivity index (χ4n) is 2.05. The van der Waals surface area contributed by atoms with Crippen molar-refractivity contribution in [2.75, 3.05) is 13.7 Å². The van der Waals surface area contributed by atoms with Crippen LogP contribution in [0.25, 0.3) is 6.08 Å². The third-order valence-corrected chi connectivity index (χ3v) is 3.20. The number of nitrogens with one attached hydrogen (secondary N) is 1. The standard InChI is InChI=1S/C19H19NO5/c1-23-25-14-18(11-16-8-5-9-17(10-16)12-21)20-19(22)24-13-15-6-3-2-4-7-15/h2-12H,13-14H2,1H3,(H,20,22)/b18-11-. The highest BCUT2D eigenvalue weighted by Crippen LogP contribution is 2.09. The Morgan fingerprint density at radius 2 is 1.84 bits per heavy atom. The van der Waals surface area contributed by atoms with Crippen LogP contribution in [0.15, 0.2) is 60.3 Å². The van der Waals surface area contributed by atoms with Gasteiger partial charge >= 0.3 is 6.09 Å². The lowest BCUT2D eigenvalue weighted by Crippen LogP contribution is -2.26. The molecule has 0 saturated heterocycles. The molecule has 0 spiro atoms. The summed E-state index contributed by atoms with van der Waals surface area (Å²) in [5.41, 5.74) is 2.59. The Labute approximate surface area is 145 Å². The molecule has 6 heteroatoms. The van der Waals surface area contributed by atoms with Crippen LogP contribution < -0.4 is 5.32 Å². The van der Waals surface area contributed by atoms with Gasteiger partial charge in [0.25, 0.3) is 0 Å². The first-order valence-corrected chi connectivity index (χ1v) is 7.60. The average Bonchev–Trinajstić information content (AvgIpc) is 2.65. The number of hydrogen-bond donors (Lipinski definition) is 1. The Morgan fingerprint density at radius 3 is 2.56 bits per heavy atom. The van der Waals surface area contributed by atoms with Crippen molar-refractivity contribution in [1.82, 2.24) is 5.32 Å². The SMILES string of the molecule is COOC/C(=C/c1cccc(C=O)c1)NC(=O)OCc1ccccc1. The van der Waals surface area contributed by atoms with E-state index in [9.17, 15) is 9.59 Å². The molecule has 6 nitrogen and oxygen atoms in total. The van der Waals surface area contributed by atoms with Crippen LogP contribution in [-0.2, 0) is 21.1 Å². The maximum atomic E-state index is 12.0. The van der Waals surface area contributed by atoms with Gasteiger partial charge in [0.05, 0.1) is 12.8 Å². The Bertz CT molecular complexity index is 728. The molecule has 0 bridgehead atoms. The number of carbonyl (C=O) groups excluding carboxylic acids is 2. The molecule has 130 valence electrons. The van der Waals surface area contributed by atoms with Crippen molar-refractivity contribution in [1.29, 1.82) is 0 Å². The van der Waals surface area contributed by atoms with Gasteiger partial charge in [-0.05, 0) is 23.3 Å². The largest absolute Gasteiger partial charge is 0.444 e. The summed E-state index contributed by atoms with van der Waals surface area (Å²) < 4.78 is 5.18. The van der Waals surface area contributed by atoms with Gasteiger partial charge in [0, 0.05) is 5.56 Å². The summed E-state index contributed by atoms with van der Waals surface area (Å²) in [5, 5.41) is 2.61. The number of benzene rings is 2. The number of aldehydes is 1. The van der Waals surface area contributed by atoms with Crippen LogP contribution in [-0.4, -0.2) is 26.1 Å². The minimum absolute atomic E-state index is 0.0161. The zero-order valence-electron chi connectivity index (χ0n) is 13.8. The molecule has 0 heterocycles. The van der Waals surface area contributed by atoms with Gasteiger partial charge in [0.1, 0.15) is 19.5 Å². The highest BCUT2D eigenvalue weighted by Gasteiger charge is 2.07. The van der Waals surface area contributed by atoms with Gasteiger partial charge in [0.15, 0.2) is 0 Å². The number of hydrogen-bond acceptors (Lipinski definition) is 5. The van der Waals surface area contributed by atoms with Gasteiger partial charge in [-0.2, -0.15) is 0 Å². The van der Waals surface area contributed by atoms with Crippen molar-refractivity contribution in [3.05, 3.63) is 77.0 Å². The molecule has 0 fully saturated rings. The van der Waals surface area contributed by atoms with Crippen molar-refractivity contribution in [2.24, 2.45) is 0 Å². The van der Waals surface area contributed by atoms with Gasteiger partial charge in [-0.25, -0.2) is 14.6 Å². The molecule has 0 saturated carbocycles. The summed E-state index contributed by atoms with van der Waals surface area (Å²) in [5.74, 6) is 0. The third-order valence-electron chi connectivity index (χ3n) is 3.20. The van der Waals surface area contributed by atoms with Crippen LogP contribution in [0.4, 0.5) is 4.79 Å². The highest BCUT2D eigenvalue weighted by atomic mass is 17.2. The van der Waals surface area contributed by atoms with Gasteiger partial charge in [-0.1, -0.05) is 48.5 Å². The van der Waals surface area contributed by atoms with E-state index in [1.54, 1.807) is 30.3 Å². The zero-order chi connectivity index (χ0) is 17.9. The van der Waals surface area contributed by atoms with Crippen LogP contribution in [0.2, 0.25) is 0 Å². The topological polar surface area (TPSA) is 73.9 Å². The molecule has 0 aromatic heterocycles. The van der Waals surface area contributed by atoms with Crippen LogP contribution in [0, 0.1) is 0 Å². The maximum absolute atomic E-state index is 12.0. The van der Waals surface area contributed by atoms with E-state index in [-0.39, 0.29) is 13.2 Å². The monoisotopic (exact) mass is 341 g/mol. The first-order valence-electron chi connectivity index (χ1n) is 7.60. The van der Waals surface area contributed by atoms with E-state index in [4.69, 9.17) is 9.62 Å². The summed E-state index contributed by atoms with van der Waals surface area (Å²) in [6.07, 6.45) is 1.82. The number of carbonyl (C=O) groups is 2. The highest BCUT2D eigenvalue weighted by molar-refractivity contribution is 5.77. The lowest BCUT2D eigenvalue weighted by molar-refractivity contribution is -0.265. The molecule has 2 rings (SSSR count). The lowest BCUT2D eigenvalue weighted by atomic mass is 10.1. The quantitative estimate of drug-likeness (QED) is 0.453. The van der Waals surface area contributed by atoms with Gasteiger partial charge in [-0.15, -0.1) is 0 Å². The molecular formula is C19H19NO5. The van der Waals surface area contributed by atoms with Crippen LogP contribution >= 0.6 is 0 Å². The zero-order valence-corrected chi connectivity index (χ0v) is 13.8. The van der Waals surface area contributed by atoms with Crippen molar-refractivity contribution < 1.29 is 24.1 Å². The Balaban J connectivity index is 2.01. The molecule has 0 aliphatic heterocycles. The van der Waals surface area contributed by atoms with Gasteiger partial charge in [-0.3, -0.25) is 10.1 Å². The molecule has 1 amide bonds. The smallest absolute Gasteiger partial charge is 0.411 e. The van der Waals surface area contributed by atoms with Crippen LogP contribution in [0.3, 0.4) is 0 Å². The number of alkyl carbamates (subject to hydrolysis) is 1. The normalized spacial score (nSPS) is 11.0. The van der Waals surface area contributed by atoms with Crippen LogP contribution in [0.1, 0.15) is 21.5 Å². The summed E-state index contributed by atoms with van der Waals surface area (Å²) >= 11 is 0. The molecule has 0 aliphatic rings. The Morgan fingerprint density at radius 1 is 1.08 bits per heavy atom. The molecule has 0 aliphatic carbocycles. The molecule has 25 heavy (non-hydrogen) atoms. The Hall–Kier alpha value is -2.96. The van der Waals surface area contributed by atoms with Crippen molar-refractivity contribution in [3.63, 3.8) is 0 Å². The van der Waals surface area contributed by atoms with E-state index in [1.807, 2.05) is 30.3 Å². The van der Waals surface area contributed by atoms with E-state index in [0.717, 1.165) is 17.4 Å².